The van der Waals surface area contributed by atoms with Gasteiger partial charge >= 0.3 is 0 Å². The van der Waals surface area contributed by atoms with Crippen molar-refractivity contribution in [2.45, 2.75) is 19.6 Å². The maximum Gasteiger partial charge on any atom is 0.270 e. The molecule has 0 N–H and O–H groups in total. The summed E-state index contributed by atoms with van der Waals surface area (Å²) in [5, 5.41) is 11.6. The molecule has 0 radical (unpaired) electrons. The Labute approximate surface area is 94.7 Å². The zero-order valence-electron chi connectivity index (χ0n) is 9.60. The highest BCUT2D eigenvalue weighted by atomic mass is 28.3. The van der Waals surface area contributed by atoms with Crippen LogP contribution in [-0.4, -0.2) is 17.4 Å². The lowest BCUT2D eigenvalue weighted by Crippen LogP contribution is -2.30. The number of nitro groups is 1. The summed E-state index contributed by atoms with van der Waals surface area (Å²) in [5.41, 5.74) is 1.24. The minimum atomic E-state index is -1.44. The van der Waals surface area contributed by atoms with Crippen LogP contribution in [-0.2, 0) is 0 Å². The predicted octanol–water partition coefficient (Wildman–Crippen LogP) is 3.23. The molecule has 0 saturated heterocycles. The Morgan fingerprint density at radius 1 is 1.25 bits per heavy atom. The molecule has 2 rings (SSSR count). The molecule has 0 bridgehead atoms. The second-order valence-corrected chi connectivity index (χ2v) is 9.68. The van der Waals surface area contributed by atoms with Crippen molar-refractivity contribution >= 4 is 24.8 Å². The maximum absolute atomic E-state index is 10.7. The van der Waals surface area contributed by atoms with Crippen molar-refractivity contribution in [3.63, 3.8) is 0 Å². The Hall–Kier alpha value is -1.62. The van der Waals surface area contributed by atoms with Crippen LogP contribution in [0.1, 0.15) is 0 Å². The number of benzene rings is 1. The van der Waals surface area contributed by atoms with Gasteiger partial charge in [-0.05, 0) is 18.3 Å². The molecule has 1 heterocycles. The molecule has 16 heavy (non-hydrogen) atoms. The van der Waals surface area contributed by atoms with E-state index in [1.165, 1.54) is 0 Å². The van der Waals surface area contributed by atoms with Crippen molar-refractivity contribution in [3.05, 3.63) is 40.6 Å². The highest BCUT2D eigenvalue weighted by Gasteiger charge is 2.18. The lowest BCUT2D eigenvalue weighted by atomic mass is 10.2. The smallest absolute Gasteiger partial charge is 0.270 e. The summed E-state index contributed by atoms with van der Waals surface area (Å²) in [4.78, 5) is 10.3. The lowest BCUT2D eigenvalue weighted by molar-refractivity contribution is -0.384. The third-order valence-corrected chi connectivity index (χ3v) is 4.44. The molecule has 0 aliphatic heterocycles. The van der Waals surface area contributed by atoms with Crippen molar-refractivity contribution in [2.24, 2.45) is 0 Å². The van der Waals surface area contributed by atoms with Crippen LogP contribution in [0.2, 0.25) is 19.6 Å². The summed E-state index contributed by atoms with van der Waals surface area (Å²) in [5.74, 6) is 0. The van der Waals surface area contributed by atoms with Gasteiger partial charge < -0.3 is 4.23 Å². The quantitative estimate of drug-likeness (QED) is 0.455. The summed E-state index contributed by atoms with van der Waals surface area (Å²) in [6.07, 6.45) is 2.03. The van der Waals surface area contributed by atoms with Crippen LogP contribution in [0.15, 0.2) is 30.5 Å². The van der Waals surface area contributed by atoms with Gasteiger partial charge in [-0.15, -0.1) is 0 Å². The first-order chi connectivity index (χ1) is 7.39. The van der Waals surface area contributed by atoms with Gasteiger partial charge in [0.2, 0.25) is 0 Å². The number of hydrogen-bond acceptors (Lipinski definition) is 2. The third-order valence-electron chi connectivity index (χ3n) is 2.61. The number of hydrogen-bond donors (Lipinski definition) is 0. The summed E-state index contributed by atoms with van der Waals surface area (Å²) in [6, 6.07) is 6.98. The molecule has 2 aromatic rings. The molecule has 0 atom stereocenters. The fourth-order valence-corrected chi connectivity index (χ4v) is 3.28. The fraction of sp³-hybridized carbons (Fsp3) is 0.273. The van der Waals surface area contributed by atoms with E-state index in [-0.39, 0.29) is 10.6 Å². The van der Waals surface area contributed by atoms with E-state index in [1.54, 1.807) is 12.1 Å². The molecule has 0 unspecified atom stereocenters. The minimum absolute atomic E-state index is 0.154. The fourth-order valence-electron chi connectivity index (χ4n) is 1.83. The van der Waals surface area contributed by atoms with Gasteiger partial charge in [-0.2, -0.15) is 0 Å². The third kappa shape index (κ3) is 1.74. The van der Waals surface area contributed by atoms with Crippen molar-refractivity contribution in [3.8, 4) is 0 Å². The average molecular weight is 234 g/mol. The van der Waals surface area contributed by atoms with Gasteiger partial charge in [-0.3, -0.25) is 10.1 Å². The highest BCUT2D eigenvalue weighted by molar-refractivity contribution is 6.75. The van der Waals surface area contributed by atoms with Gasteiger partial charge in [0.05, 0.1) is 4.92 Å². The molecule has 0 spiro atoms. The van der Waals surface area contributed by atoms with E-state index in [2.05, 4.69) is 23.9 Å². The Balaban J connectivity index is 2.64. The summed E-state index contributed by atoms with van der Waals surface area (Å²) in [7, 11) is -1.44. The van der Waals surface area contributed by atoms with E-state index in [0.29, 0.717) is 0 Å². The van der Waals surface area contributed by atoms with Gasteiger partial charge in [0, 0.05) is 23.0 Å². The van der Waals surface area contributed by atoms with Crippen LogP contribution in [0.25, 0.3) is 10.9 Å². The standard InChI is InChI=1S/C11H14N2O2Si/c1-16(2,3)12-7-6-9-8-10(13(14)15)4-5-11(9)12/h4-8H,1-3H3. The number of fused-ring (bicyclic) bond motifs is 1. The number of nitro benzene ring substituents is 1. The Kier molecular flexibility index (Phi) is 2.34. The molecule has 5 heteroatoms. The number of aromatic nitrogens is 1. The van der Waals surface area contributed by atoms with Crippen LogP contribution >= 0.6 is 0 Å². The second-order valence-electron chi connectivity index (χ2n) is 4.86. The lowest BCUT2D eigenvalue weighted by Gasteiger charge is -2.19. The predicted molar refractivity (Wildman–Crippen MR) is 67.3 cm³/mol. The van der Waals surface area contributed by atoms with Crippen LogP contribution in [0.3, 0.4) is 0 Å². The van der Waals surface area contributed by atoms with Crippen LogP contribution < -0.4 is 0 Å². The SMILES string of the molecule is C[Si](C)(C)n1ccc2cc([N+](=O)[O-])ccc21. The van der Waals surface area contributed by atoms with E-state index < -0.39 is 8.24 Å². The highest BCUT2D eigenvalue weighted by Crippen LogP contribution is 2.24. The van der Waals surface area contributed by atoms with E-state index in [9.17, 15) is 10.1 Å². The minimum Gasteiger partial charge on any atom is -0.375 e. The molecule has 0 aliphatic rings. The zero-order valence-corrected chi connectivity index (χ0v) is 10.6. The van der Waals surface area contributed by atoms with Gasteiger partial charge in [0.25, 0.3) is 5.69 Å². The molecule has 84 valence electrons. The van der Waals surface area contributed by atoms with Crippen molar-refractivity contribution in [2.75, 3.05) is 0 Å². The first-order valence-corrected chi connectivity index (χ1v) is 8.60. The molecule has 0 fully saturated rings. The molecular formula is C11H14N2O2Si. The van der Waals surface area contributed by atoms with Crippen molar-refractivity contribution < 1.29 is 4.92 Å². The Morgan fingerprint density at radius 3 is 2.50 bits per heavy atom. The number of nitrogens with zero attached hydrogens (tertiary/aromatic N) is 2. The topological polar surface area (TPSA) is 48.1 Å². The summed E-state index contributed by atoms with van der Waals surface area (Å²) in [6.45, 7) is 6.73. The molecule has 4 nitrogen and oxygen atoms in total. The van der Waals surface area contributed by atoms with Crippen molar-refractivity contribution in [1.29, 1.82) is 0 Å². The molecule has 0 saturated carbocycles. The van der Waals surface area contributed by atoms with E-state index >= 15 is 0 Å². The Bertz CT molecular complexity index is 555. The van der Waals surface area contributed by atoms with Crippen LogP contribution in [0.4, 0.5) is 5.69 Å². The summed E-state index contributed by atoms with van der Waals surface area (Å²) < 4.78 is 2.26. The molecule has 1 aromatic carbocycles. The van der Waals surface area contributed by atoms with Crippen LogP contribution in [0.5, 0.6) is 0 Å². The Morgan fingerprint density at radius 2 is 1.94 bits per heavy atom. The molecule has 1 aromatic heterocycles. The normalized spacial score (nSPS) is 11.9. The summed E-state index contributed by atoms with van der Waals surface area (Å²) >= 11 is 0. The maximum atomic E-state index is 10.7. The van der Waals surface area contributed by atoms with Crippen molar-refractivity contribution in [1.82, 2.24) is 4.23 Å². The molecule has 0 amide bonds. The van der Waals surface area contributed by atoms with Gasteiger partial charge in [-0.1, -0.05) is 19.6 Å². The van der Waals surface area contributed by atoms with E-state index in [0.717, 1.165) is 10.9 Å². The largest absolute Gasteiger partial charge is 0.375 e. The molecule has 0 aliphatic carbocycles. The zero-order chi connectivity index (χ0) is 11.9. The van der Waals surface area contributed by atoms with Gasteiger partial charge in [0.15, 0.2) is 8.24 Å². The first-order valence-electron chi connectivity index (χ1n) is 5.15. The molecular weight excluding hydrogens is 220 g/mol. The van der Waals surface area contributed by atoms with E-state index in [1.807, 2.05) is 18.3 Å². The monoisotopic (exact) mass is 234 g/mol. The number of rotatable bonds is 2. The number of non-ortho nitro benzene ring substituents is 1. The second kappa shape index (κ2) is 3.45. The van der Waals surface area contributed by atoms with Gasteiger partial charge in [-0.25, -0.2) is 0 Å². The van der Waals surface area contributed by atoms with Gasteiger partial charge in [0.1, 0.15) is 0 Å². The van der Waals surface area contributed by atoms with Crippen LogP contribution in [0, 0.1) is 10.1 Å². The average Bonchev–Trinajstić information content (AvgIpc) is 2.58. The first kappa shape index (κ1) is 10.9. The van der Waals surface area contributed by atoms with E-state index in [4.69, 9.17) is 0 Å².